The van der Waals surface area contributed by atoms with Crippen molar-refractivity contribution in [3.63, 3.8) is 0 Å². The van der Waals surface area contributed by atoms with Crippen molar-refractivity contribution in [2.45, 2.75) is 54.4 Å². The van der Waals surface area contributed by atoms with E-state index in [0.29, 0.717) is 5.92 Å². The van der Waals surface area contributed by atoms with Gasteiger partial charge in [-0.1, -0.05) is 48.0 Å². The van der Waals surface area contributed by atoms with E-state index < -0.39 is 0 Å². The van der Waals surface area contributed by atoms with Crippen LogP contribution in [0.3, 0.4) is 0 Å². The number of hydrogen-bond acceptors (Lipinski definition) is 1. The molecule has 11 heavy (non-hydrogen) atoms. The number of nitrogens with one attached hydrogen (secondary N) is 1. The van der Waals surface area contributed by atoms with Crippen molar-refractivity contribution in [1.29, 1.82) is 5.41 Å². The van der Waals surface area contributed by atoms with Gasteiger partial charge in [0.25, 0.3) is 0 Å². The fraction of sp³-hybridized carbons (Fsp3) is 0.900. The van der Waals surface area contributed by atoms with Crippen LogP contribution in [0.2, 0.25) is 0 Å². The van der Waals surface area contributed by atoms with Gasteiger partial charge in [-0.15, -0.1) is 0 Å². The monoisotopic (exact) mass is 159 g/mol. The molecule has 1 nitrogen and oxygen atoms in total. The van der Waals surface area contributed by atoms with Gasteiger partial charge < -0.3 is 5.41 Å². The molecule has 0 aromatic heterocycles. The van der Waals surface area contributed by atoms with Crippen molar-refractivity contribution < 1.29 is 0 Å². The molecule has 0 radical (unpaired) electrons. The zero-order valence-electron chi connectivity index (χ0n) is 9.07. The Bertz CT molecular complexity index is 50.8. The van der Waals surface area contributed by atoms with Crippen molar-refractivity contribution in [1.82, 2.24) is 0 Å². The highest BCUT2D eigenvalue weighted by atomic mass is 14.3. The van der Waals surface area contributed by atoms with E-state index in [4.69, 9.17) is 5.41 Å². The summed E-state index contributed by atoms with van der Waals surface area (Å²) >= 11 is 0. The van der Waals surface area contributed by atoms with Gasteiger partial charge in [-0.2, -0.15) is 0 Å². The summed E-state index contributed by atoms with van der Waals surface area (Å²) in [5, 5.41) is 6.79. The van der Waals surface area contributed by atoms with Crippen LogP contribution in [0.4, 0.5) is 0 Å². The second-order valence-corrected chi connectivity index (χ2v) is 1.93. The van der Waals surface area contributed by atoms with E-state index in [-0.39, 0.29) is 0 Å². The lowest BCUT2D eigenvalue weighted by atomic mass is 10.1. The summed E-state index contributed by atoms with van der Waals surface area (Å²) in [6, 6.07) is 0. The van der Waals surface area contributed by atoms with Gasteiger partial charge in [0, 0.05) is 0 Å². The molecular formula is C10H25N. The minimum absolute atomic E-state index is 0.491. The molecule has 1 atom stereocenters. The molecule has 1 N–H and O–H groups in total. The molecule has 0 amide bonds. The van der Waals surface area contributed by atoms with E-state index in [2.05, 4.69) is 13.8 Å². The first-order valence-corrected chi connectivity index (χ1v) is 4.81. The Morgan fingerprint density at radius 2 is 1.55 bits per heavy atom. The van der Waals surface area contributed by atoms with Crippen LogP contribution in [0.15, 0.2) is 0 Å². The summed E-state index contributed by atoms with van der Waals surface area (Å²) in [4.78, 5) is 0. The van der Waals surface area contributed by atoms with Gasteiger partial charge in [0.1, 0.15) is 0 Å². The summed E-state index contributed by atoms with van der Waals surface area (Å²) in [5.74, 6) is 0.491. The van der Waals surface area contributed by atoms with Crippen molar-refractivity contribution in [3.05, 3.63) is 0 Å². The van der Waals surface area contributed by atoms with Crippen LogP contribution in [-0.4, -0.2) is 6.21 Å². The normalized spacial score (nSPS) is 9.64. The Hall–Kier alpha value is -0.330. The number of rotatable bonds is 3. The summed E-state index contributed by atoms with van der Waals surface area (Å²) in [6.07, 6.45) is 3.85. The van der Waals surface area contributed by atoms with Gasteiger partial charge in [0.2, 0.25) is 0 Å². The molecule has 0 aromatic rings. The lowest BCUT2D eigenvalue weighted by Gasteiger charge is -1.97. The minimum Gasteiger partial charge on any atom is -0.313 e. The molecule has 0 rings (SSSR count). The minimum atomic E-state index is 0.491. The summed E-state index contributed by atoms with van der Waals surface area (Å²) < 4.78 is 0. The van der Waals surface area contributed by atoms with Crippen LogP contribution >= 0.6 is 0 Å². The molecule has 1 heteroatoms. The van der Waals surface area contributed by atoms with Crippen LogP contribution in [0.5, 0.6) is 0 Å². The van der Waals surface area contributed by atoms with Gasteiger partial charge >= 0.3 is 0 Å². The first-order chi connectivity index (χ1) is 5.31. The first-order valence-electron chi connectivity index (χ1n) is 4.81. The summed E-state index contributed by atoms with van der Waals surface area (Å²) in [7, 11) is 0. The molecular weight excluding hydrogens is 134 g/mol. The zero-order valence-corrected chi connectivity index (χ0v) is 9.07. The maximum atomic E-state index is 6.79. The standard InChI is InChI=1S/C6H13N.2C2H6/c1-3-4-6(2)5-7;2*1-2/h5-7H,3-4H2,1-2H3;2*1-2H3. The smallest absolute Gasteiger partial charge is 0.00195 e. The van der Waals surface area contributed by atoms with Crippen molar-refractivity contribution in [2.24, 2.45) is 5.92 Å². The average molecular weight is 159 g/mol. The Morgan fingerprint density at radius 1 is 1.18 bits per heavy atom. The van der Waals surface area contributed by atoms with E-state index in [1.54, 1.807) is 0 Å². The van der Waals surface area contributed by atoms with E-state index in [1.165, 1.54) is 12.6 Å². The molecule has 0 bridgehead atoms. The number of hydrogen-bond donors (Lipinski definition) is 1. The summed E-state index contributed by atoms with van der Waals surface area (Å²) in [5.41, 5.74) is 0. The second kappa shape index (κ2) is 22.6. The predicted octanol–water partition coefficient (Wildman–Crippen LogP) is 4.12. The fourth-order valence-electron chi connectivity index (χ4n) is 0.539. The Kier molecular flexibility index (Phi) is 34.9. The largest absolute Gasteiger partial charge is 0.313 e. The highest BCUT2D eigenvalue weighted by Gasteiger charge is 1.90. The summed E-state index contributed by atoms with van der Waals surface area (Å²) in [6.45, 7) is 12.2. The van der Waals surface area contributed by atoms with Crippen molar-refractivity contribution in [3.8, 4) is 0 Å². The van der Waals surface area contributed by atoms with Gasteiger partial charge in [-0.05, 0) is 18.6 Å². The molecule has 0 aliphatic rings. The molecule has 0 aliphatic carbocycles. The van der Waals surface area contributed by atoms with E-state index in [0.717, 1.165) is 6.42 Å². The third-order valence-corrected chi connectivity index (χ3v) is 1.03. The maximum absolute atomic E-state index is 6.79. The molecule has 0 aromatic carbocycles. The third kappa shape index (κ3) is 26.1. The van der Waals surface area contributed by atoms with E-state index in [9.17, 15) is 0 Å². The Morgan fingerprint density at radius 3 is 1.64 bits per heavy atom. The molecule has 0 heterocycles. The van der Waals surface area contributed by atoms with Crippen molar-refractivity contribution in [2.75, 3.05) is 0 Å². The van der Waals surface area contributed by atoms with Gasteiger partial charge in [0.05, 0.1) is 0 Å². The molecule has 0 aliphatic heterocycles. The third-order valence-electron chi connectivity index (χ3n) is 1.03. The average Bonchev–Trinajstić information content (AvgIpc) is 2.12. The Labute approximate surface area is 72.7 Å². The molecule has 70 valence electrons. The maximum Gasteiger partial charge on any atom is -0.00195 e. The predicted molar refractivity (Wildman–Crippen MR) is 55.6 cm³/mol. The van der Waals surface area contributed by atoms with Gasteiger partial charge in [-0.3, -0.25) is 0 Å². The quantitative estimate of drug-likeness (QED) is 0.599. The SMILES string of the molecule is CC.CC.CCCC(C)C=N. The fourth-order valence-corrected chi connectivity index (χ4v) is 0.539. The van der Waals surface area contributed by atoms with Gasteiger partial charge in [-0.25, -0.2) is 0 Å². The highest BCUT2D eigenvalue weighted by molar-refractivity contribution is 5.55. The van der Waals surface area contributed by atoms with E-state index >= 15 is 0 Å². The Balaban J connectivity index is -0.000000138. The molecule has 0 saturated heterocycles. The topological polar surface area (TPSA) is 23.9 Å². The zero-order chi connectivity index (χ0) is 9.70. The van der Waals surface area contributed by atoms with Crippen LogP contribution < -0.4 is 0 Å². The second-order valence-electron chi connectivity index (χ2n) is 1.93. The van der Waals surface area contributed by atoms with Crippen LogP contribution in [0.25, 0.3) is 0 Å². The van der Waals surface area contributed by atoms with E-state index in [1.807, 2.05) is 27.7 Å². The van der Waals surface area contributed by atoms with Crippen molar-refractivity contribution >= 4 is 6.21 Å². The highest BCUT2D eigenvalue weighted by Crippen LogP contribution is 1.99. The molecule has 0 saturated carbocycles. The lowest BCUT2D eigenvalue weighted by molar-refractivity contribution is 0.675. The first kappa shape index (κ1) is 17.0. The van der Waals surface area contributed by atoms with Crippen LogP contribution in [-0.2, 0) is 0 Å². The van der Waals surface area contributed by atoms with Crippen LogP contribution in [0.1, 0.15) is 54.4 Å². The molecule has 0 spiro atoms. The van der Waals surface area contributed by atoms with Gasteiger partial charge in [0.15, 0.2) is 0 Å². The lowest BCUT2D eigenvalue weighted by Crippen LogP contribution is -1.91. The van der Waals surface area contributed by atoms with Crippen LogP contribution in [0, 0.1) is 11.3 Å². The molecule has 1 unspecified atom stereocenters. The molecule has 0 fully saturated rings.